The molecule has 1 aromatic carbocycles. The summed E-state index contributed by atoms with van der Waals surface area (Å²) >= 11 is 0. The summed E-state index contributed by atoms with van der Waals surface area (Å²) in [6.45, 7) is 6.86. The molecule has 2 aliphatic rings. The lowest BCUT2D eigenvalue weighted by atomic mass is 10.1. The molecule has 25 heavy (non-hydrogen) atoms. The first-order chi connectivity index (χ1) is 12.1. The van der Waals surface area contributed by atoms with E-state index >= 15 is 0 Å². The number of carbonyl (C=O) groups excluding carboxylic acids is 2. The van der Waals surface area contributed by atoms with Crippen molar-refractivity contribution in [3.63, 3.8) is 0 Å². The van der Waals surface area contributed by atoms with E-state index in [1.54, 1.807) is 18.2 Å². The Bertz CT molecular complexity index is 629. The zero-order valence-corrected chi connectivity index (χ0v) is 14.7. The van der Waals surface area contributed by atoms with Crippen LogP contribution in [0.15, 0.2) is 24.3 Å². The molecule has 2 fully saturated rings. The summed E-state index contributed by atoms with van der Waals surface area (Å²) in [5.74, 6) is -0.590. The van der Waals surface area contributed by atoms with Crippen molar-refractivity contribution in [2.24, 2.45) is 11.8 Å². The standard InChI is InChI=1S/C19H26FN3O2/c1-2-22-9-11-23(12-10-22)19(25)16-13-15(16)18(24)21-8-7-14-5-3-4-6-17(14)20/h3-6,15-16H,2,7-13H2,1H3,(H,21,24). The summed E-state index contributed by atoms with van der Waals surface area (Å²) in [4.78, 5) is 28.9. The Morgan fingerprint density at radius 2 is 1.88 bits per heavy atom. The van der Waals surface area contributed by atoms with Gasteiger partial charge < -0.3 is 15.1 Å². The molecule has 136 valence electrons. The minimum absolute atomic E-state index is 0.0816. The van der Waals surface area contributed by atoms with Gasteiger partial charge in [0.25, 0.3) is 0 Å². The van der Waals surface area contributed by atoms with Gasteiger partial charge in [-0.05, 0) is 31.0 Å². The maximum Gasteiger partial charge on any atom is 0.226 e. The van der Waals surface area contributed by atoms with Crippen LogP contribution in [0.3, 0.4) is 0 Å². The van der Waals surface area contributed by atoms with Crippen LogP contribution in [0.1, 0.15) is 18.9 Å². The first-order valence-electron chi connectivity index (χ1n) is 9.12. The van der Waals surface area contributed by atoms with E-state index in [2.05, 4.69) is 17.1 Å². The molecule has 0 bridgehead atoms. The van der Waals surface area contributed by atoms with Gasteiger partial charge in [0.1, 0.15) is 5.82 Å². The number of likely N-dealkylation sites (N-methyl/N-ethyl adjacent to an activating group) is 1. The van der Waals surface area contributed by atoms with E-state index < -0.39 is 0 Å². The van der Waals surface area contributed by atoms with Crippen LogP contribution in [-0.2, 0) is 16.0 Å². The number of nitrogens with zero attached hydrogens (tertiary/aromatic N) is 2. The molecule has 1 heterocycles. The fourth-order valence-electron chi connectivity index (χ4n) is 3.43. The highest BCUT2D eigenvalue weighted by atomic mass is 19.1. The Hall–Kier alpha value is -1.95. The maximum absolute atomic E-state index is 13.5. The molecule has 0 aromatic heterocycles. The third-order valence-corrected chi connectivity index (χ3v) is 5.23. The molecule has 5 nitrogen and oxygen atoms in total. The predicted molar refractivity (Wildman–Crippen MR) is 93.4 cm³/mol. The van der Waals surface area contributed by atoms with Gasteiger partial charge in [0, 0.05) is 32.7 Å². The number of benzene rings is 1. The molecule has 1 aliphatic heterocycles. The molecular weight excluding hydrogens is 321 g/mol. The largest absolute Gasteiger partial charge is 0.356 e. The first kappa shape index (κ1) is 17.9. The molecular formula is C19H26FN3O2. The van der Waals surface area contributed by atoms with Crippen LogP contribution in [0.5, 0.6) is 0 Å². The molecule has 2 unspecified atom stereocenters. The van der Waals surface area contributed by atoms with Gasteiger partial charge in [-0.2, -0.15) is 0 Å². The number of halogens is 1. The van der Waals surface area contributed by atoms with Crippen molar-refractivity contribution < 1.29 is 14.0 Å². The van der Waals surface area contributed by atoms with E-state index in [0.29, 0.717) is 24.9 Å². The number of amides is 2. The van der Waals surface area contributed by atoms with Crippen molar-refractivity contribution in [1.82, 2.24) is 15.1 Å². The van der Waals surface area contributed by atoms with Gasteiger partial charge in [-0.3, -0.25) is 9.59 Å². The lowest BCUT2D eigenvalue weighted by Gasteiger charge is -2.34. The highest BCUT2D eigenvalue weighted by Crippen LogP contribution is 2.40. The Morgan fingerprint density at radius 1 is 1.16 bits per heavy atom. The summed E-state index contributed by atoms with van der Waals surface area (Å²) in [7, 11) is 0. The van der Waals surface area contributed by atoms with Gasteiger partial charge in [-0.1, -0.05) is 25.1 Å². The fourth-order valence-corrected chi connectivity index (χ4v) is 3.43. The first-order valence-corrected chi connectivity index (χ1v) is 9.12. The molecule has 0 radical (unpaired) electrons. The Kier molecular flexibility index (Phi) is 5.68. The minimum Gasteiger partial charge on any atom is -0.356 e. The molecule has 2 atom stereocenters. The van der Waals surface area contributed by atoms with Crippen LogP contribution in [0, 0.1) is 17.7 Å². The monoisotopic (exact) mass is 347 g/mol. The quantitative estimate of drug-likeness (QED) is 0.844. The summed E-state index contributed by atoms with van der Waals surface area (Å²) in [5, 5.41) is 2.84. The average Bonchev–Trinajstić information content (AvgIpc) is 3.43. The zero-order valence-electron chi connectivity index (χ0n) is 14.7. The highest BCUT2D eigenvalue weighted by molar-refractivity contribution is 5.92. The topological polar surface area (TPSA) is 52.7 Å². The molecule has 1 saturated heterocycles. The van der Waals surface area contributed by atoms with E-state index in [1.165, 1.54) is 6.07 Å². The number of nitrogens with one attached hydrogen (secondary N) is 1. The molecule has 1 aromatic rings. The number of rotatable bonds is 6. The van der Waals surface area contributed by atoms with Gasteiger partial charge >= 0.3 is 0 Å². The summed E-state index contributed by atoms with van der Waals surface area (Å²) in [6, 6.07) is 6.58. The lowest BCUT2D eigenvalue weighted by Crippen LogP contribution is -2.49. The second kappa shape index (κ2) is 7.95. The lowest BCUT2D eigenvalue weighted by molar-refractivity contribution is -0.136. The molecule has 1 N–H and O–H groups in total. The molecule has 0 spiro atoms. The SMILES string of the molecule is CCN1CCN(C(=O)C2CC2C(=O)NCCc2ccccc2F)CC1. The second-order valence-electron chi connectivity index (χ2n) is 6.84. The van der Waals surface area contributed by atoms with Gasteiger partial charge in [-0.25, -0.2) is 4.39 Å². The van der Waals surface area contributed by atoms with Crippen molar-refractivity contribution in [2.45, 2.75) is 19.8 Å². The van der Waals surface area contributed by atoms with Crippen molar-refractivity contribution in [2.75, 3.05) is 39.3 Å². The van der Waals surface area contributed by atoms with Gasteiger partial charge in [0.15, 0.2) is 0 Å². The van der Waals surface area contributed by atoms with Crippen LogP contribution in [0.25, 0.3) is 0 Å². The van der Waals surface area contributed by atoms with Gasteiger partial charge in [-0.15, -0.1) is 0 Å². The number of carbonyl (C=O) groups is 2. The summed E-state index contributed by atoms with van der Waals surface area (Å²) in [6.07, 6.45) is 1.10. The zero-order chi connectivity index (χ0) is 17.8. The van der Waals surface area contributed by atoms with Crippen LogP contribution < -0.4 is 5.32 Å². The normalized spacial score (nSPS) is 23.4. The fraction of sp³-hybridized carbons (Fsp3) is 0.579. The van der Waals surface area contributed by atoms with E-state index in [9.17, 15) is 14.0 Å². The van der Waals surface area contributed by atoms with Crippen LogP contribution in [0.4, 0.5) is 4.39 Å². The van der Waals surface area contributed by atoms with E-state index in [4.69, 9.17) is 0 Å². The summed E-state index contributed by atoms with van der Waals surface area (Å²) in [5.41, 5.74) is 0.597. The number of hydrogen-bond acceptors (Lipinski definition) is 3. The van der Waals surface area contributed by atoms with E-state index in [1.807, 2.05) is 4.90 Å². The Morgan fingerprint density at radius 3 is 2.56 bits per heavy atom. The van der Waals surface area contributed by atoms with Crippen molar-refractivity contribution in [3.05, 3.63) is 35.6 Å². The summed E-state index contributed by atoms with van der Waals surface area (Å²) < 4.78 is 13.5. The number of hydrogen-bond donors (Lipinski definition) is 1. The molecule has 2 amide bonds. The third-order valence-electron chi connectivity index (χ3n) is 5.23. The minimum atomic E-state index is -0.248. The smallest absolute Gasteiger partial charge is 0.226 e. The average molecular weight is 347 g/mol. The Balaban J connectivity index is 1.40. The number of piperazine rings is 1. The third kappa shape index (κ3) is 4.37. The van der Waals surface area contributed by atoms with E-state index in [-0.39, 0.29) is 29.5 Å². The van der Waals surface area contributed by atoms with Crippen molar-refractivity contribution >= 4 is 11.8 Å². The molecule has 1 saturated carbocycles. The maximum atomic E-state index is 13.5. The van der Waals surface area contributed by atoms with Gasteiger partial charge in [0.05, 0.1) is 11.8 Å². The molecule has 3 rings (SSSR count). The molecule has 6 heteroatoms. The van der Waals surface area contributed by atoms with Gasteiger partial charge in [0.2, 0.25) is 11.8 Å². The van der Waals surface area contributed by atoms with E-state index in [0.717, 1.165) is 32.7 Å². The van der Waals surface area contributed by atoms with Crippen LogP contribution in [-0.4, -0.2) is 60.9 Å². The Labute approximate surface area is 148 Å². The highest BCUT2D eigenvalue weighted by Gasteiger charge is 2.49. The van der Waals surface area contributed by atoms with Crippen molar-refractivity contribution in [3.8, 4) is 0 Å². The van der Waals surface area contributed by atoms with Crippen molar-refractivity contribution in [1.29, 1.82) is 0 Å². The van der Waals surface area contributed by atoms with Crippen LogP contribution in [0.2, 0.25) is 0 Å². The molecule has 1 aliphatic carbocycles. The predicted octanol–water partition coefficient (Wildman–Crippen LogP) is 1.28. The van der Waals surface area contributed by atoms with Crippen LogP contribution >= 0.6 is 0 Å². The second-order valence-corrected chi connectivity index (χ2v) is 6.84.